The van der Waals surface area contributed by atoms with Gasteiger partial charge in [-0.1, -0.05) is 29.8 Å². The maximum atomic E-state index is 12.4. The van der Waals surface area contributed by atoms with E-state index in [-0.39, 0.29) is 12.2 Å². The van der Waals surface area contributed by atoms with Gasteiger partial charge in [0.1, 0.15) is 5.75 Å². The number of hydrogen-bond acceptors (Lipinski definition) is 4. The Bertz CT molecular complexity index is 551. The Labute approximate surface area is 122 Å². The predicted octanol–water partition coefficient (Wildman–Crippen LogP) is 2.81. The van der Waals surface area contributed by atoms with E-state index < -0.39 is 19.3 Å². The highest BCUT2D eigenvalue weighted by atomic mass is 79.9. The lowest BCUT2D eigenvalue weighted by Gasteiger charge is -2.24. The number of benzene rings is 1. The van der Waals surface area contributed by atoms with E-state index in [4.69, 9.17) is 4.74 Å². The molecular formula is C13H17BrO4S. The molecule has 1 rings (SSSR count). The number of carbonyl (C=O) groups is 1. The van der Waals surface area contributed by atoms with Crippen molar-refractivity contribution in [3.05, 3.63) is 29.8 Å². The number of methoxy groups -OCH3 is 1. The number of halogens is 1. The average molecular weight is 349 g/mol. The molecule has 1 aromatic rings. The molecule has 0 spiro atoms. The van der Waals surface area contributed by atoms with Crippen LogP contribution >= 0.6 is 15.9 Å². The van der Waals surface area contributed by atoms with E-state index in [1.807, 2.05) is 0 Å². The minimum Gasteiger partial charge on any atom is -0.497 e. The molecule has 0 aromatic heterocycles. The van der Waals surface area contributed by atoms with Gasteiger partial charge in [-0.05, 0) is 30.7 Å². The number of ether oxygens (including phenoxy) is 1. The van der Waals surface area contributed by atoms with Gasteiger partial charge in [-0.3, -0.25) is 4.79 Å². The lowest BCUT2D eigenvalue weighted by Crippen LogP contribution is -2.41. The van der Waals surface area contributed by atoms with E-state index in [0.29, 0.717) is 11.3 Å². The third-order valence-electron chi connectivity index (χ3n) is 3.02. The van der Waals surface area contributed by atoms with Crippen LogP contribution in [-0.2, 0) is 9.84 Å². The van der Waals surface area contributed by atoms with Gasteiger partial charge in [-0.15, -0.1) is 0 Å². The molecule has 1 aromatic carbocycles. The first-order chi connectivity index (χ1) is 8.82. The van der Waals surface area contributed by atoms with Gasteiger partial charge in [0.2, 0.25) is 0 Å². The first-order valence-electron chi connectivity index (χ1n) is 5.92. The Morgan fingerprint density at radius 1 is 1.26 bits per heavy atom. The van der Waals surface area contributed by atoms with Crippen molar-refractivity contribution in [1.29, 1.82) is 0 Å². The zero-order chi connectivity index (χ0) is 14.7. The quantitative estimate of drug-likeness (QED) is 0.585. The molecule has 6 heteroatoms. The minimum atomic E-state index is -3.54. The molecule has 0 unspecified atom stereocenters. The summed E-state index contributed by atoms with van der Waals surface area (Å²) in [5.74, 6) is 0.0830. The van der Waals surface area contributed by atoms with Gasteiger partial charge in [-0.25, -0.2) is 8.42 Å². The molecule has 0 amide bonds. The summed E-state index contributed by atoms with van der Waals surface area (Å²) in [7, 11) is -2.01. The van der Waals surface area contributed by atoms with E-state index in [9.17, 15) is 13.2 Å². The average Bonchev–Trinajstić information content (AvgIpc) is 2.45. The Kier molecular flexibility index (Phi) is 5.15. The lowest BCUT2D eigenvalue weighted by molar-refractivity contribution is 0.0976. The fraction of sp³-hybridized carbons (Fsp3) is 0.462. The van der Waals surface area contributed by atoms with E-state index in [1.165, 1.54) is 14.0 Å². The normalized spacial score (nSPS) is 14.7. The molecule has 0 aliphatic rings. The Hall–Kier alpha value is -0.880. The number of hydrogen-bond donors (Lipinski definition) is 0. The van der Waals surface area contributed by atoms with Gasteiger partial charge >= 0.3 is 0 Å². The molecule has 0 aliphatic heterocycles. The van der Waals surface area contributed by atoms with Gasteiger partial charge in [0.25, 0.3) is 0 Å². The van der Waals surface area contributed by atoms with Crippen LogP contribution in [0.15, 0.2) is 24.3 Å². The van der Waals surface area contributed by atoms with Gasteiger partial charge in [0.15, 0.2) is 19.3 Å². The van der Waals surface area contributed by atoms with Gasteiger partial charge < -0.3 is 4.74 Å². The van der Waals surface area contributed by atoms with E-state index >= 15 is 0 Å². The van der Waals surface area contributed by atoms with Crippen LogP contribution in [0.4, 0.5) is 0 Å². The second-order valence-electron chi connectivity index (χ2n) is 4.04. The number of Topliss-reactive ketones (excluding diaryl/α,β-unsaturated/α-hetero) is 1. The van der Waals surface area contributed by atoms with Gasteiger partial charge in [0, 0.05) is 11.3 Å². The number of carbonyl (C=O) groups excluding carboxylic acids is 1. The highest BCUT2D eigenvalue weighted by Gasteiger charge is 2.45. The summed E-state index contributed by atoms with van der Waals surface area (Å²) in [6.07, 6.45) is 0.175. The molecule has 0 saturated heterocycles. The maximum Gasteiger partial charge on any atom is 0.194 e. The van der Waals surface area contributed by atoms with E-state index in [2.05, 4.69) is 15.9 Å². The second kappa shape index (κ2) is 6.05. The van der Waals surface area contributed by atoms with Crippen molar-refractivity contribution in [1.82, 2.24) is 0 Å². The Morgan fingerprint density at radius 2 is 1.79 bits per heavy atom. The van der Waals surface area contributed by atoms with Crippen LogP contribution < -0.4 is 4.74 Å². The van der Waals surface area contributed by atoms with Crippen molar-refractivity contribution in [2.75, 3.05) is 12.9 Å². The Morgan fingerprint density at radius 3 is 2.16 bits per heavy atom. The van der Waals surface area contributed by atoms with Crippen molar-refractivity contribution in [3.8, 4) is 5.75 Å². The molecule has 1 atom stereocenters. The Balaban J connectivity index is 3.22. The van der Waals surface area contributed by atoms with Crippen LogP contribution in [0.5, 0.6) is 5.75 Å². The van der Waals surface area contributed by atoms with Crippen molar-refractivity contribution in [2.45, 2.75) is 23.9 Å². The van der Waals surface area contributed by atoms with Crippen molar-refractivity contribution in [3.63, 3.8) is 0 Å². The fourth-order valence-electron chi connectivity index (χ4n) is 1.71. The molecule has 4 nitrogen and oxygen atoms in total. The van der Waals surface area contributed by atoms with Crippen LogP contribution in [0, 0.1) is 0 Å². The molecule has 0 saturated carbocycles. The molecule has 0 N–H and O–H groups in total. The van der Waals surface area contributed by atoms with Crippen molar-refractivity contribution < 1.29 is 17.9 Å². The standard InChI is InChI=1S/C13H17BrO4S/c1-4-13(14,19(16,17)5-2)12(15)10-6-8-11(18-3)9-7-10/h6-9H,4-5H2,1-3H3/t13-/m0/s1. The van der Waals surface area contributed by atoms with Crippen LogP contribution in [0.2, 0.25) is 0 Å². The van der Waals surface area contributed by atoms with E-state index in [1.54, 1.807) is 31.2 Å². The zero-order valence-corrected chi connectivity index (χ0v) is 13.5. The molecule has 0 bridgehead atoms. The minimum absolute atomic E-state index is 0.0893. The summed E-state index contributed by atoms with van der Waals surface area (Å²) >= 11 is 3.14. The molecule has 0 heterocycles. The monoisotopic (exact) mass is 348 g/mol. The number of alkyl halides is 1. The highest BCUT2D eigenvalue weighted by molar-refractivity contribution is 9.12. The first kappa shape index (κ1) is 16.2. The van der Waals surface area contributed by atoms with Crippen LogP contribution in [-0.4, -0.2) is 30.7 Å². The van der Waals surface area contributed by atoms with Gasteiger partial charge in [0.05, 0.1) is 7.11 Å². The largest absolute Gasteiger partial charge is 0.497 e. The number of rotatable bonds is 6. The molecule has 0 aliphatic carbocycles. The fourth-order valence-corrected chi connectivity index (χ4v) is 3.92. The number of ketones is 1. The maximum absolute atomic E-state index is 12.4. The zero-order valence-electron chi connectivity index (χ0n) is 11.1. The smallest absolute Gasteiger partial charge is 0.194 e. The third-order valence-corrected chi connectivity index (χ3v) is 7.64. The number of sulfone groups is 1. The van der Waals surface area contributed by atoms with Crippen molar-refractivity contribution >= 4 is 31.6 Å². The van der Waals surface area contributed by atoms with E-state index in [0.717, 1.165) is 0 Å². The summed E-state index contributed by atoms with van der Waals surface area (Å²) in [4.78, 5) is 12.4. The molecule has 19 heavy (non-hydrogen) atoms. The van der Waals surface area contributed by atoms with Crippen LogP contribution in [0.25, 0.3) is 0 Å². The lowest BCUT2D eigenvalue weighted by atomic mass is 10.1. The summed E-state index contributed by atoms with van der Waals surface area (Å²) in [6.45, 7) is 3.20. The summed E-state index contributed by atoms with van der Waals surface area (Å²) in [6, 6.07) is 6.40. The summed E-state index contributed by atoms with van der Waals surface area (Å²) in [5.41, 5.74) is 0.344. The summed E-state index contributed by atoms with van der Waals surface area (Å²) < 4.78 is 27.7. The van der Waals surface area contributed by atoms with Crippen LogP contribution in [0.1, 0.15) is 30.6 Å². The molecule has 0 radical (unpaired) electrons. The molecular weight excluding hydrogens is 332 g/mol. The van der Waals surface area contributed by atoms with Crippen molar-refractivity contribution in [2.24, 2.45) is 0 Å². The van der Waals surface area contributed by atoms with Crippen LogP contribution in [0.3, 0.4) is 0 Å². The predicted molar refractivity (Wildman–Crippen MR) is 78.7 cm³/mol. The highest BCUT2D eigenvalue weighted by Crippen LogP contribution is 2.34. The third kappa shape index (κ3) is 3.00. The second-order valence-corrected chi connectivity index (χ2v) is 8.43. The topological polar surface area (TPSA) is 60.4 Å². The SMILES string of the molecule is CC[C@@](Br)(C(=O)c1ccc(OC)cc1)S(=O)(=O)CC. The first-order valence-corrected chi connectivity index (χ1v) is 8.37. The molecule has 106 valence electrons. The van der Waals surface area contributed by atoms with Gasteiger partial charge in [-0.2, -0.15) is 0 Å². The summed E-state index contributed by atoms with van der Waals surface area (Å²) in [5, 5.41) is 0. The molecule has 0 fully saturated rings.